The highest BCUT2D eigenvalue weighted by molar-refractivity contribution is 5.12. The second-order valence-corrected chi connectivity index (χ2v) is 6.34. The van der Waals surface area contributed by atoms with E-state index in [9.17, 15) is 0 Å². The van der Waals surface area contributed by atoms with Gasteiger partial charge in [0.15, 0.2) is 0 Å². The van der Waals surface area contributed by atoms with Crippen molar-refractivity contribution in [1.82, 2.24) is 5.32 Å². The average Bonchev–Trinajstić information content (AvgIpc) is 2.48. The van der Waals surface area contributed by atoms with Gasteiger partial charge in [-0.15, -0.1) is 0 Å². The first-order chi connectivity index (χ1) is 6.84. The van der Waals surface area contributed by atoms with Crippen LogP contribution in [0.4, 0.5) is 0 Å². The van der Waals surface area contributed by atoms with Crippen molar-refractivity contribution in [2.75, 3.05) is 19.6 Å². The molecule has 0 aromatic heterocycles. The van der Waals surface area contributed by atoms with Crippen LogP contribution in [0.2, 0.25) is 0 Å². The van der Waals surface area contributed by atoms with Crippen LogP contribution in [0.15, 0.2) is 0 Å². The van der Waals surface area contributed by atoms with E-state index in [-0.39, 0.29) is 0 Å². The first-order valence-electron chi connectivity index (χ1n) is 6.24. The maximum atomic E-state index is 5.53. The predicted molar refractivity (Wildman–Crippen MR) is 66.8 cm³/mol. The van der Waals surface area contributed by atoms with Gasteiger partial charge in [-0.1, -0.05) is 34.6 Å². The van der Waals surface area contributed by atoms with E-state index in [4.69, 9.17) is 5.73 Å². The lowest BCUT2D eigenvalue weighted by Crippen LogP contribution is -2.26. The van der Waals surface area contributed by atoms with Gasteiger partial charge < -0.3 is 11.1 Å². The van der Waals surface area contributed by atoms with Gasteiger partial charge in [0.1, 0.15) is 0 Å². The average molecular weight is 212 g/mol. The fourth-order valence-electron chi connectivity index (χ4n) is 2.70. The molecule has 0 heterocycles. The Hall–Kier alpha value is -0.0800. The highest BCUT2D eigenvalue weighted by atomic mass is 14.9. The molecule has 1 aliphatic rings. The fraction of sp³-hybridized carbons (Fsp3) is 1.00. The summed E-state index contributed by atoms with van der Waals surface area (Å²) in [5.41, 5.74) is 6.55. The van der Waals surface area contributed by atoms with E-state index in [0.29, 0.717) is 16.7 Å². The molecule has 0 saturated heterocycles. The highest BCUT2D eigenvalue weighted by Gasteiger charge is 2.63. The molecule has 1 saturated carbocycles. The summed E-state index contributed by atoms with van der Waals surface area (Å²) in [6, 6.07) is 0. The van der Waals surface area contributed by atoms with Crippen LogP contribution in [0.25, 0.3) is 0 Å². The molecule has 1 fully saturated rings. The zero-order valence-corrected chi connectivity index (χ0v) is 11.1. The van der Waals surface area contributed by atoms with Crippen molar-refractivity contribution in [1.29, 1.82) is 0 Å². The summed E-state index contributed by atoms with van der Waals surface area (Å²) >= 11 is 0. The normalized spacial score (nSPS) is 25.2. The van der Waals surface area contributed by atoms with Crippen molar-refractivity contribution in [2.24, 2.45) is 28.4 Å². The summed E-state index contributed by atoms with van der Waals surface area (Å²) in [5, 5.41) is 3.59. The molecule has 0 spiro atoms. The molecular weight excluding hydrogens is 184 g/mol. The summed E-state index contributed by atoms with van der Waals surface area (Å²) in [6.07, 6.45) is 1.13. The Balaban J connectivity index is 2.18. The second kappa shape index (κ2) is 4.42. The lowest BCUT2D eigenvalue weighted by Gasteiger charge is -2.11. The molecule has 2 nitrogen and oxygen atoms in total. The molecule has 1 atom stereocenters. The van der Waals surface area contributed by atoms with Gasteiger partial charge in [-0.2, -0.15) is 0 Å². The van der Waals surface area contributed by atoms with Crippen LogP contribution in [0.1, 0.15) is 41.0 Å². The van der Waals surface area contributed by atoms with Crippen LogP contribution in [0.3, 0.4) is 0 Å². The zero-order chi connectivity index (χ0) is 11.7. The largest absolute Gasteiger partial charge is 0.330 e. The Morgan fingerprint density at radius 1 is 1.20 bits per heavy atom. The lowest BCUT2D eigenvalue weighted by molar-refractivity contribution is 0.455. The van der Waals surface area contributed by atoms with Crippen LogP contribution in [-0.4, -0.2) is 19.6 Å². The van der Waals surface area contributed by atoms with Crippen molar-refractivity contribution in [3.63, 3.8) is 0 Å². The monoisotopic (exact) mass is 212 g/mol. The van der Waals surface area contributed by atoms with Crippen LogP contribution in [-0.2, 0) is 0 Å². The first kappa shape index (κ1) is 13.0. The molecule has 1 aliphatic carbocycles. The third-order valence-electron chi connectivity index (χ3n) is 4.82. The molecule has 0 bridgehead atoms. The zero-order valence-electron chi connectivity index (χ0n) is 11.1. The summed E-state index contributed by atoms with van der Waals surface area (Å²) < 4.78 is 0. The molecule has 1 rings (SSSR count). The van der Waals surface area contributed by atoms with Crippen LogP contribution in [0.5, 0.6) is 0 Å². The van der Waals surface area contributed by atoms with E-state index in [1.54, 1.807) is 0 Å². The van der Waals surface area contributed by atoms with E-state index in [0.717, 1.165) is 32.0 Å². The molecule has 0 amide bonds. The minimum absolute atomic E-state index is 0.511. The molecule has 0 aliphatic heterocycles. The topological polar surface area (TPSA) is 38.0 Å². The van der Waals surface area contributed by atoms with Gasteiger partial charge in [0.2, 0.25) is 0 Å². The van der Waals surface area contributed by atoms with Gasteiger partial charge in [-0.05, 0) is 48.7 Å². The van der Waals surface area contributed by atoms with E-state index in [1.807, 2.05) is 0 Å². The fourth-order valence-corrected chi connectivity index (χ4v) is 2.70. The van der Waals surface area contributed by atoms with E-state index in [2.05, 4.69) is 39.9 Å². The third kappa shape index (κ3) is 2.54. The lowest BCUT2D eigenvalue weighted by atomic mass is 10.0. The van der Waals surface area contributed by atoms with Crippen molar-refractivity contribution < 1.29 is 0 Å². The summed E-state index contributed by atoms with van der Waals surface area (Å²) in [4.78, 5) is 0. The second-order valence-electron chi connectivity index (χ2n) is 6.34. The number of rotatable bonds is 6. The van der Waals surface area contributed by atoms with Gasteiger partial charge in [-0.25, -0.2) is 0 Å². The van der Waals surface area contributed by atoms with Gasteiger partial charge >= 0.3 is 0 Å². The Kier molecular flexibility index (Phi) is 3.83. The van der Waals surface area contributed by atoms with Crippen LogP contribution in [0, 0.1) is 22.7 Å². The van der Waals surface area contributed by atoms with Gasteiger partial charge in [0.25, 0.3) is 0 Å². The predicted octanol–water partition coefficient (Wildman–Crippen LogP) is 2.24. The van der Waals surface area contributed by atoms with Crippen LogP contribution >= 0.6 is 0 Å². The van der Waals surface area contributed by atoms with Crippen molar-refractivity contribution in [3.8, 4) is 0 Å². The van der Waals surface area contributed by atoms with E-state index >= 15 is 0 Å². The maximum Gasteiger partial charge on any atom is -0.000977 e. The summed E-state index contributed by atoms with van der Waals surface area (Å²) in [5.74, 6) is 1.54. The Bertz CT molecular complexity index is 195. The van der Waals surface area contributed by atoms with Gasteiger partial charge in [-0.3, -0.25) is 0 Å². The SMILES string of the molecule is CC(CCN)CNCC1C(C)(C)C1(C)C. The van der Waals surface area contributed by atoms with Crippen molar-refractivity contribution in [2.45, 2.75) is 41.0 Å². The van der Waals surface area contributed by atoms with E-state index < -0.39 is 0 Å². The molecule has 1 unspecified atom stereocenters. The molecule has 0 aromatic rings. The summed E-state index contributed by atoms with van der Waals surface area (Å²) in [7, 11) is 0. The number of nitrogens with two attached hydrogens (primary N) is 1. The smallest absolute Gasteiger partial charge is 0.000977 e. The van der Waals surface area contributed by atoms with Crippen LogP contribution < -0.4 is 11.1 Å². The third-order valence-corrected chi connectivity index (χ3v) is 4.82. The molecule has 2 heteroatoms. The highest BCUT2D eigenvalue weighted by Crippen LogP contribution is 2.67. The molecule has 0 radical (unpaired) electrons. The maximum absolute atomic E-state index is 5.53. The Morgan fingerprint density at radius 2 is 1.73 bits per heavy atom. The van der Waals surface area contributed by atoms with Crippen molar-refractivity contribution >= 4 is 0 Å². The molecule has 15 heavy (non-hydrogen) atoms. The van der Waals surface area contributed by atoms with Crippen molar-refractivity contribution in [3.05, 3.63) is 0 Å². The Morgan fingerprint density at radius 3 is 2.13 bits per heavy atom. The Labute approximate surface area is 95.0 Å². The minimum atomic E-state index is 0.511. The first-order valence-corrected chi connectivity index (χ1v) is 6.24. The number of hydrogen-bond donors (Lipinski definition) is 2. The number of hydrogen-bond acceptors (Lipinski definition) is 2. The molecular formula is C13H28N2. The van der Waals surface area contributed by atoms with E-state index in [1.165, 1.54) is 0 Å². The molecule has 3 N–H and O–H groups in total. The summed E-state index contributed by atoms with van der Waals surface area (Å²) in [6.45, 7) is 14.9. The standard InChI is InChI=1S/C13H28N2/c1-10(6-7-14)8-15-9-11-12(2,3)13(11,4)5/h10-11,15H,6-9,14H2,1-5H3. The quantitative estimate of drug-likeness (QED) is 0.708. The molecule has 0 aromatic carbocycles. The minimum Gasteiger partial charge on any atom is -0.330 e. The number of nitrogens with one attached hydrogen (secondary N) is 1. The van der Waals surface area contributed by atoms with Gasteiger partial charge in [0, 0.05) is 0 Å². The van der Waals surface area contributed by atoms with Gasteiger partial charge in [0.05, 0.1) is 0 Å². The molecule has 90 valence electrons.